The molecule has 1 aromatic rings. The zero-order valence-electron chi connectivity index (χ0n) is 12.7. The van der Waals surface area contributed by atoms with Crippen LogP contribution in [-0.2, 0) is 6.18 Å². The summed E-state index contributed by atoms with van der Waals surface area (Å²) in [7, 11) is 0. The Bertz CT molecular complexity index is 593. The van der Waals surface area contributed by atoms with Crippen LogP contribution in [0.25, 0.3) is 0 Å². The number of hydrogen-bond donors (Lipinski definition) is 2. The van der Waals surface area contributed by atoms with Crippen molar-refractivity contribution in [2.75, 3.05) is 32.8 Å². The summed E-state index contributed by atoms with van der Waals surface area (Å²) >= 11 is 5.49. The van der Waals surface area contributed by atoms with Crippen molar-refractivity contribution in [3.63, 3.8) is 0 Å². The number of nitrogens with one attached hydrogen (secondary N) is 1. The Hall–Kier alpha value is -0.740. The van der Waals surface area contributed by atoms with Gasteiger partial charge in [-0.2, -0.15) is 13.2 Å². The van der Waals surface area contributed by atoms with Crippen molar-refractivity contribution in [3.05, 3.63) is 34.1 Å². The van der Waals surface area contributed by atoms with Crippen molar-refractivity contribution >= 4 is 24.0 Å². The average Bonchev–Trinajstić information content (AvgIpc) is 2.51. The van der Waals surface area contributed by atoms with Gasteiger partial charge in [0.25, 0.3) is 5.92 Å². The second-order valence-corrected chi connectivity index (χ2v) is 5.87. The SMILES string of the molecule is Cl.OCC(F)(F)[C@H](c1cc(C(F)(F)F)cc(Cl)c1F)N1CCNCC1. The first-order valence-corrected chi connectivity index (χ1v) is 7.45. The van der Waals surface area contributed by atoms with Crippen LogP contribution in [0.3, 0.4) is 0 Å². The van der Waals surface area contributed by atoms with E-state index >= 15 is 0 Å². The zero-order valence-corrected chi connectivity index (χ0v) is 14.3. The van der Waals surface area contributed by atoms with E-state index in [1.54, 1.807) is 0 Å². The fourth-order valence-corrected chi connectivity index (χ4v) is 2.92. The van der Waals surface area contributed by atoms with Gasteiger partial charge in [-0.3, -0.25) is 4.90 Å². The van der Waals surface area contributed by atoms with Gasteiger partial charge in [0.15, 0.2) is 0 Å². The van der Waals surface area contributed by atoms with Gasteiger partial charge in [0, 0.05) is 31.7 Å². The van der Waals surface area contributed by atoms with E-state index in [2.05, 4.69) is 5.32 Å². The maximum atomic E-state index is 14.3. The number of alkyl halides is 5. The first kappa shape index (κ1) is 22.3. The summed E-state index contributed by atoms with van der Waals surface area (Å²) in [5, 5.41) is 11.0. The van der Waals surface area contributed by atoms with Crippen LogP contribution in [0, 0.1) is 5.82 Å². The molecule has 3 nitrogen and oxygen atoms in total. The van der Waals surface area contributed by atoms with Crippen LogP contribution in [0.5, 0.6) is 0 Å². The number of halogens is 8. The highest BCUT2D eigenvalue weighted by Crippen LogP contribution is 2.42. The van der Waals surface area contributed by atoms with Gasteiger partial charge in [-0.25, -0.2) is 13.2 Å². The lowest BCUT2D eigenvalue weighted by molar-refractivity contribution is -0.138. The van der Waals surface area contributed by atoms with E-state index in [1.807, 2.05) is 0 Å². The fourth-order valence-electron chi connectivity index (χ4n) is 2.69. The molecule has 0 amide bonds. The molecular weight excluding hydrogens is 397 g/mol. The first-order valence-electron chi connectivity index (χ1n) is 7.07. The van der Waals surface area contributed by atoms with Gasteiger partial charge in [-0.15, -0.1) is 12.4 Å². The van der Waals surface area contributed by atoms with Gasteiger partial charge in [-0.1, -0.05) is 11.6 Å². The average molecular weight is 413 g/mol. The molecule has 1 aliphatic rings. The van der Waals surface area contributed by atoms with Crippen LogP contribution < -0.4 is 5.32 Å². The molecule has 0 spiro atoms. The highest BCUT2D eigenvalue weighted by Gasteiger charge is 2.46. The Balaban J connectivity index is 0.00000312. The van der Waals surface area contributed by atoms with Crippen molar-refractivity contribution in [1.29, 1.82) is 0 Å². The summed E-state index contributed by atoms with van der Waals surface area (Å²) in [6.07, 6.45) is -4.87. The molecular formula is C14H16Cl2F6N2O. The molecule has 0 unspecified atom stereocenters. The van der Waals surface area contributed by atoms with E-state index < -0.39 is 46.7 Å². The molecule has 0 aromatic heterocycles. The summed E-state index contributed by atoms with van der Waals surface area (Å²) in [4.78, 5) is 1.14. The summed E-state index contributed by atoms with van der Waals surface area (Å²) in [5.74, 6) is -5.19. The van der Waals surface area contributed by atoms with Crippen molar-refractivity contribution in [3.8, 4) is 0 Å². The number of aliphatic hydroxyl groups excluding tert-OH is 1. The number of hydrogen-bond acceptors (Lipinski definition) is 3. The van der Waals surface area contributed by atoms with Crippen LogP contribution in [0.4, 0.5) is 26.3 Å². The Morgan fingerprint density at radius 3 is 2.20 bits per heavy atom. The molecule has 0 saturated carbocycles. The molecule has 1 heterocycles. The lowest BCUT2D eigenvalue weighted by atomic mass is 9.95. The third-order valence-corrected chi connectivity index (χ3v) is 4.08. The molecule has 0 radical (unpaired) electrons. The molecule has 1 atom stereocenters. The van der Waals surface area contributed by atoms with Crippen LogP contribution >= 0.6 is 24.0 Å². The number of aliphatic hydroxyl groups is 1. The topological polar surface area (TPSA) is 35.5 Å². The molecule has 1 fully saturated rings. The largest absolute Gasteiger partial charge is 0.416 e. The second kappa shape index (κ2) is 8.30. The van der Waals surface area contributed by atoms with Crippen LogP contribution in [0.15, 0.2) is 12.1 Å². The van der Waals surface area contributed by atoms with E-state index in [0.717, 1.165) is 4.90 Å². The quantitative estimate of drug-likeness (QED) is 0.743. The summed E-state index contributed by atoms with van der Waals surface area (Å²) in [5.41, 5.74) is -2.20. The predicted octanol–water partition coefficient (Wildman–Crippen LogP) is 3.49. The molecule has 25 heavy (non-hydrogen) atoms. The Kier molecular flexibility index (Phi) is 7.41. The number of rotatable bonds is 4. The molecule has 1 aromatic carbocycles. The summed E-state index contributed by atoms with van der Waals surface area (Å²) in [6, 6.07) is -1.37. The monoisotopic (exact) mass is 412 g/mol. The molecule has 1 aliphatic heterocycles. The minimum Gasteiger partial charge on any atom is -0.390 e. The second-order valence-electron chi connectivity index (χ2n) is 5.47. The first-order chi connectivity index (χ1) is 11.1. The third kappa shape index (κ3) is 4.91. The van der Waals surface area contributed by atoms with Crippen molar-refractivity contribution in [1.82, 2.24) is 10.2 Å². The van der Waals surface area contributed by atoms with Crippen LogP contribution in [0.2, 0.25) is 5.02 Å². The lowest BCUT2D eigenvalue weighted by Gasteiger charge is -2.39. The fraction of sp³-hybridized carbons (Fsp3) is 0.571. The van der Waals surface area contributed by atoms with E-state index in [1.165, 1.54) is 0 Å². The highest BCUT2D eigenvalue weighted by molar-refractivity contribution is 6.30. The molecule has 1 saturated heterocycles. The smallest absolute Gasteiger partial charge is 0.390 e. The predicted molar refractivity (Wildman–Crippen MR) is 82.9 cm³/mol. The molecule has 2 rings (SSSR count). The third-order valence-electron chi connectivity index (χ3n) is 3.81. The molecule has 0 bridgehead atoms. The number of nitrogens with zero attached hydrogens (tertiary/aromatic N) is 1. The number of benzene rings is 1. The standard InChI is InChI=1S/C14H15ClF6N2O.ClH/c15-10-6-8(14(19,20)21)5-9(11(10)16)12(13(17,18)7-24)23-3-1-22-2-4-23;/h5-6,12,22,24H,1-4,7H2;1H/t12-;/m0./s1. The van der Waals surface area contributed by atoms with Gasteiger partial charge in [0.1, 0.15) is 18.5 Å². The van der Waals surface area contributed by atoms with Crippen LogP contribution in [0.1, 0.15) is 17.2 Å². The van der Waals surface area contributed by atoms with E-state index in [9.17, 15) is 26.3 Å². The van der Waals surface area contributed by atoms with Gasteiger partial charge >= 0.3 is 6.18 Å². The Morgan fingerprint density at radius 1 is 1.16 bits per heavy atom. The maximum Gasteiger partial charge on any atom is 0.416 e. The van der Waals surface area contributed by atoms with Gasteiger partial charge in [0.05, 0.1) is 10.6 Å². The minimum atomic E-state index is -4.87. The van der Waals surface area contributed by atoms with Crippen molar-refractivity contribution < 1.29 is 31.4 Å². The molecule has 11 heteroatoms. The molecule has 144 valence electrons. The molecule has 0 aliphatic carbocycles. The Labute approximate surface area is 151 Å². The maximum absolute atomic E-state index is 14.3. The van der Waals surface area contributed by atoms with Crippen LogP contribution in [-0.4, -0.2) is 48.7 Å². The zero-order chi connectivity index (χ0) is 18.1. The van der Waals surface area contributed by atoms with Crippen molar-refractivity contribution in [2.45, 2.75) is 18.1 Å². The summed E-state index contributed by atoms with van der Waals surface area (Å²) in [6.45, 7) is -0.880. The number of piperazine rings is 1. The van der Waals surface area contributed by atoms with E-state index in [-0.39, 0.29) is 25.5 Å². The van der Waals surface area contributed by atoms with Gasteiger partial charge < -0.3 is 10.4 Å². The summed E-state index contributed by atoms with van der Waals surface area (Å²) < 4.78 is 81.5. The van der Waals surface area contributed by atoms with Gasteiger partial charge in [-0.05, 0) is 12.1 Å². The highest BCUT2D eigenvalue weighted by atomic mass is 35.5. The minimum absolute atomic E-state index is 0. The van der Waals surface area contributed by atoms with E-state index in [4.69, 9.17) is 16.7 Å². The van der Waals surface area contributed by atoms with Crippen molar-refractivity contribution in [2.24, 2.45) is 0 Å². The normalized spacial score (nSPS) is 17.9. The van der Waals surface area contributed by atoms with Gasteiger partial charge in [0.2, 0.25) is 0 Å². The van der Waals surface area contributed by atoms with E-state index in [0.29, 0.717) is 25.2 Å². The molecule has 2 N–H and O–H groups in total. The lowest BCUT2D eigenvalue weighted by Crippen LogP contribution is -2.51. The Morgan fingerprint density at radius 2 is 1.72 bits per heavy atom.